The maximum atomic E-state index is 14.2. The Morgan fingerprint density at radius 2 is 2.03 bits per heavy atom. The first-order chi connectivity index (χ1) is 18.4. The van der Waals surface area contributed by atoms with E-state index in [-0.39, 0.29) is 24.6 Å². The molecule has 3 heterocycles. The number of hydrogen-bond donors (Lipinski definition) is 1. The second-order valence-corrected chi connectivity index (χ2v) is 10.7. The lowest BCUT2D eigenvalue weighted by Crippen LogP contribution is -2.55. The molecule has 194 valence electrons. The summed E-state index contributed by atoms with van der Waals surface area (Å²) in [7, 11) is 0. The molecule has 2 unspecified atom stereocenters. The highest BCUT2D eigenvalue weighted by molar-refractivity contribution is 7.10. The SMILES string of the molecule is CC(C)Oc1cc(C#N)ccc1C1=NC(c2cccs2)C(c2ccc(Cl)cc2)N1C(=O)N1CCNC(=O)C1. The molecule has 2 aliphatic heterocycles. The third kappa shape index (κ3) is 5.10. The van der Waals surface area contributed by atoms with Gasteiger partial charge in [-0.1, -0.05) is 29.8 Å². The third-order valence-electron chi connectivity index (χ3n) is 6.34. The number of carbonyl (C=O) groups is 2. The minimum atomic E-state index is -0.485. The molecular formula is C28H26ClN5O3S. The Kier molecular flexibility index (Phi) is 7.36. The number of nitrogens with one attached hydrogen (secondary N) is 1. The van der Waals surface area contributed by atoms with E-state index >= 15 is 0 Å². The molecule has 2 aliphatic rings. The van der Waals surface area contributed by atoms with Crippen molar-refractivity contribution in [3.05, 3.63) is 86.6 Å². The van der Waals surface area contributed by atoms with Crippen LogP contribution in [0.1, 0.15) is 47.5 Å². The molecule has 5 rings (SSSR count). The highest BCUT2D eigenvalue weighted by atomic mass is 35.5. The van der Waals surface area contributed by atoms with Crippen molar-refractivity contribution in [1.29, 1.82) is 5.26 Å². The van der Waals surface area contributed by atoms with Crippen molar-refractivity contribution in [2.45, 2.75) is 32.0 Å². The molecule has 0 bridgehead atoms. The average molecular weight is 548 g/mol. The minimum Gasteiger partial charge on any atom is -0.490 e. The van der Waals surface area contributed by atoms with Crippen LogP contribution >= 0.6 is 22.9 Å². The summed E-state index contributed by atoms with van der Waals surface area (Å²) in [5, 5.41) is 14.9. The van der Waals surface area contributed by atoms with Crippen molar-refractivity contribution < 1.29 is 14.3 Å². The molecule has 8 nitrogen and oxygen atoms in total. The summed E-state index contributed by atoms with van der Waals surface area (Å²) in [6.45, 7) is 4.53. The van der Waals surface area contributed by atoms with Gasteiger partial charge in [-0.05, 0) is 61.2 Å². The quantitative estimate of drug-likeness (QED) is 0.477. The number of halogens is 1. The van der Waals surface area contributed by atoms with Crippen molar-refractivity contribution in [2.24, 2.45) is 4.99 Å². The maximum absolute atomic E-state index is 14.2. The van der Waals surface area contributed by atoms with Gasteiger partial charge in [0.15, 0.2) is 0 Å². The molecule has 1 N–H and O–H groups in total. The van der Waals surface area contributed by atoms with Gasteiger partial charge in [0.1, 0.15) is 24.2 Å². The Bertz CT molecular complexity index is 1420. The summed E-state index contributed by atoms with van der Waals surface area (Å²) in [5.41, 5.74) is 1.91. The number of aliphatic imine (C=N–C) groups is 1. The van der Waals surface area contributed by atoms with Gasteiger partial charge in [-0.25, -0.2) is 4.79 Å². The van der Waals surface area contributed by atoms with Gasteiger partial charge >= 0.3 is 6.03 Å². The van der Waals surface area contributed by atoms with Gasteiger partial charge in [-0.3, -0.25) is 14.7 Å². The summed E-state index contributed by atoms with van der Waals surface area (Å²) in [5.74, 6) is 0.690. The lowest BCUT2D eigenvalue weighted by Gasteiger charge is -2.35. The van der Waals surface area contributed by atoms with Gasteiger partial charge in [-0.15, -0.1) is 11.3 Å². The van der Waals surface area contributed by atoms with E-state index in [0.29, 0.717) is 40.8 Å². The Morgan fingerprint density at radius 1 is 1.24 bits per heavy atom. The second kappa shape index (κ2) is 10.9. The monoisotopic (exact) mass is 547 g/mol. The number of amidine groups is 1. The lowest BCUT2D eigenvalue weighted by atomic mass is 9.98. The van der Waals surface area contributed by atoms with Crippen LogP contribution in [0, 0.1) is 11.3 Å². The molecule has 3 amide bonds. The van der Waals surface area contributed by atoms with Gasteiger partial charge in [0.2, 0.25) is 5.91 Å². The fourth-order valence-corrected chi connectivity index (χ4v) is 5.62. The van der Waals surface area contributed by atoms with E-state index in [2.05, 4.69) is 11.4 Å². The van der Waals surface area contributed by atoms with Gasteiger partial charge in [0.05, 0.1) is 29.3 Å². The Balaban J connectivity index is 1.69. The maximum Gasteiger partial charge on any atom is 0.326 e. The zero-order chi connectivity index (χ0) is 26.8. The molecule has 3 aromatic rings. The number of hydrogen-bond acceptors (Lipinski definition) is 6. The van der Waals surface area contributed by atoms with Crippen molar-refractivity contribution in [2.75, 3.05) is 19.6 Å². The number of thiophene rings is 1. The van der Waals surface area contributed by atoms with E-state index in [1.54, 1.807) is 51.5 Å². The van der Waals surface area contributed by atoms with Crippen molar-refractivity contribution in [1.82, 2.24) is 15.1 Å². The highest BCUT2D eigenvalue weighted by Crippen LogP contribution is 2.46. The molecule has 38 heavy (non-hydrogen) atoms. The molecule has 0 saturated carbocycles. The summed E-state index contributed by atoms with van der Waals surface area (Å²) in [4.78, 5) is 35.8. The minimum absolute atomic E-state index is 0.0393. The summed E-state index contributed by atoms with van der Waals surface area (Å²) in [6.07, 6.45) is -0.167. The normalized spacial score (nSPS) is 19.2. The van der Waals surface area contributed by atoms with E-state index in [1.807, 2.05) is 43.5 Å². The Labute approximate surface area is 230 Å². The molecule has 1 fully saturated rings. The predicted octanol–water partition coefficient (Wildman–Crippen LogP) is 5.16. The summed E-state index contributed by atoms with van der Waals surface area (Å²) in [6, 6.07) is 17.5. The standard InChI is InChI=1S/C28H26ClN5O3S/c1-17(2)37-22-14-18(15-30)5-10-21(22)27-32-25(23-4-3-13-38-23)26(19-6-8-20(29)9-7-19)34(27)28(36)33-12-11-31-24(35)16-33/h3-10,13-14,17,25-26H,11-12,16H2,1-2H3,(H,31,35). The molecular weight excluding hydrogens is 522 g/mol. The number of piperazine rings is 1. The van der Waals surface area contributed by atoms with Crippen LogP contribution in [0.4, 0.5) is 4.79 Å². The molecule has 10 heteroatoms. The van der Waals surface area contributed by atoms with Crippen molar-refractivity contribution >= 4 is 40.7 Å². The topological polar surface area (TPSA) is 98.0 Å². The zero-order valence-corrected chi connectivity index (χ0v) is 22.5. The van der Waals surface area contributed by atoms with Gasteiger partial charge in [-0.2, -0.15) is 5.26 Å². The van der Waals surface area contributed by atoms with Gasteiger partial charge in [0, 0.05) is 23.0 Å². The fourth-order valence-electron chi connectivity index (χ4n) is 4.70. The fraction of sp³-hybridized carbons (Fsp3) is 0.286. The van der Waals surface area contributed by atoms with E-state index in [4.69, 9.17) is 21.3 Å². The molecule has 0 radical (unpaired) electrons. The number of urea groups is 1. The van der Waals surface area contributed by atoms with Crippen LogP contribution in [0.2, 0.25) is 5.02 Å². The number of ether oxygens (including phenoxy) is 1. The summed E-state index contributed by atoms with van der Waals surface area (Å²) < 4.78 is 6.11. The first-order valence-corrected chi connectivity index (χ1v) is 13.5. The predicted molar refractivity (Wildman–Crippen MR) is 147 cm³/mol. The van der Waals surface area contributed by atoms with E-state index in [0.717, 1.165) is 10.4 Å². The van der Waals surface area contributed by atoms with Crippen LogP contribution in [-0.4, -0.2) is 53.3 Å². The smallest absolute Gasteiger partial charge is 0.326 e. The molecule has 1 saturated heterocycles. The number of nitriles is 1. The number of benzene rings is 2. The first-order valence-electron chi connectivity index (χ1n) is 12.3. The lowest BCUT2D eigenvalue weighted by molar-refractivity contribution is -0.123. The molecule has 2 aromatic carbocycles. The van der Waals surface area contributed by atoms with Gasteiger partial charge < -0.3 is 15.0 Å². The molecule has 0 aliphatic carbocycles. The zero-order valence-electron chi connectivity index (χ0n) is 20.9. The van der Waals surface area contributed by atoms with Gasteiger partial charge in [0.25, 0.3) is 0 Å². The van der Waals surface area contributed by atoms with Crippen LogP contribution in [-0.2, 0) is 4.79 Å². The number of amides is 3. The van der Waals surface area contributed by atoms with Crippen LogP contribution < -0.4 is 10.1 Å². The van der Waals surface area contributed by atoms with Crippen molar-refractivity contribution in [3.8, 4) is 11.8 Å². The van der Waals surface area contributed by atoms with E-state index < -0.39 is 12.1 Å². The Hall–Kier alpha value is -3.87. The molecule has 1 aromatic heterocycles. The summed E-state index contributed by atoms with van der Waals surface area (Å²) >= 11 is 7.78. The van der Waals surface area contributed by atoms with E-state index in [1.165, 1.54) is 0 Å². The van der Waals surface area contributed by atoms with Crippen LogP contribution in [0.3, 0.4) is 0 Å². The van der Waals surface area contributed by atoms with Crippen LogP contribution in [0.15, 0.2) is 65.0 Å². The van der Waals surface area contributed by atoms with Crippen LogP contribution in [0.5, 0.6) is 5.75 Å². The van der Waals surface area contributed by atoms with E-state index in [9.17, 15) is 14.9 Å². The largest absolute Gasteiger partial charge is 0.490 e. The van der Waals surface area contributed by atoms with Crippen LogP contribution in [0.25, 0.3) is 0 Å². The third-order valence-corrected chi connectivity index (χ3v) is 7.54. The number of rotatable bonds is 5. The first kappa shape index (κ1) is 25.8. The Morgan fingerprint density at radius 3 is 2.68 bits per heavy atom. The van der Waals surface area contributed by atoms with Crippen molar-refractivity contribution in [3.63, 3.8) is 0 Å². The highest BCUT2D eigenvalue weighted by Gasteiger charge is 2.45. The number of carbonyl (C=O) groups excluding carboxylic acids is 2. The number of nitrogens with zero attached hydrogens (tertiary/aromatic N) is 4. The second-order valence-electron chi connectivity index (χ2n) is 9.32. The average Bonchev–Trinajstić information content (AvgIpc) is 3.57. The molecule has 2 atom stereocenters. The molecule has 0 spiro atoms.